The van der Waals surface area contributed by atoms with Crippen molar-refractivity contribution >= 4 is 42.2 Å². The zero-order chi connectivity index (χ0) is 44.7. The second kappa shape index (κ2) is 23.2. The van der Waals surface area contributed by atoms with Crippen LogP contribution in [0.1, 0.15) is 74.1 Å². The van der Waals surface area contributed by atoms with Crippen molar-refractivity contribution < 1.29 is 23.2 Å². The second-order valence-corrected chi connectivity index (χ2v) is 19.0. The average Bonchev–Trinajstić information content (AvgIpc) is 3.77. The first-order valence-electron chi connectivity index (χ1n) is 22.8. The van der Waals surface area contributed by atoms with Gasteiger partial charge >= 0.3 is 0 Å². The molecule has 13 heteroatoms. The van der Waals surface area contributed by atoms with E-state index in [1.807, 2.05) is 103 Å². The van der Waals surface area contributed by atoms with Gasteiger partial charge in [0, 0.05) is 55.4 Å². The number of hydrogen-bond acceptors (Lipinski definition) is 8. The number of aromatic amines is 1. The molecule has 63 heavy (non-hydrogen) atoms. The average molecular weight is 890 g/mol. The van der Waals surface area contributed by atoms with Gasteiger partial charge in [0.15, 0.2) is 19.5 Å². The summed E-state index contributed by atoms with van der Waals surface area (Å²) in [6, 6.07) is 37.4. The van der Waals surface area contributed by atoms with Crippen LogP contribution in [0.5, 0.6) is 5.75 Å². The predicted octanol–water partition coefficient (Wildman–Crippen LogP) is 5.90. The Labute approximate surface area is 377 Å². The first kappa shape index (κ1) is 47.6. The van der Waals surface area contributed by atoms with E-state index in [1.165, 1.54) is 0 Å². The van der Waals surface area contributed by atoms with E-state index in [2.05, 4.69) is 53.5 Å². The van der Waals surface area contributed by atoms with Gasteiger partial charge in [0.2, 0.25) is 17.4 Å². The number of rotatable bonds is 25. The standard InChI is InChI=1S/C50H67N5O6Si2/c1-49(2,48(60-62-3)61-63-4)42(40-23-25-43(46-41(40)24-26-45(57)54-46)59-35-36-17-9-5-10-18-36)33-52-29-15-8-16-30-53-44(56)28-32-55-31-27-39(34-55)50(47(51)58,37-19-11-6-12-20-37)38-21-13-7-14-22-38/h5-7,9-14,17-26,39,42,48,52H,8,15-16,27-35,62-63H2,1-4H3,(H2,51,58)(H,53,56)(H,54,57). The molecule has 2 atom stereocenters. The highest BCUT2D eigenvalue weighted by atomic mass is 28.2. The molecule has 0 saturated carbocycles. The van der Waals surface area contributed by atoms with E-state index in [1.54, 1.807) is 6.07 Å². The Balaban J connectivity index is 1.00. The van der Waals surface area contributed by atoms with Crippen molar-refractivity contribution in [3.8, 4) is 5.75 Å². The van der Waals surface area contributed by atoms with E-state index in [4.69, 9.17) is 19.3 Å². The number of aromatic nitrogens is 1. The van der Waals surface area contributed by atoms with Crippen molar-refractivity contribution in [2.45, 2.75) is 83.3 Å². The number of unbranched alkanes of at least 4 members (excludes halogenated alkanes) is 2. The second-order valence-electron chi connectivity index (χ2n) is 17.2. The zero-order valence-electron chi connectivity index (χ0n) is 37.6. The number of primary amides is 1. The number of H-pyrrole nitrogens is 1. The van der Waals surface area contributed by atoms with Gasteiger partial charge in [-0.25, -0.2) is 0 Å². The summed E-state index contributed by atoms with van der Waals surface area (Å²) in [6.07, 6.45) is 3.72. The van der Waals surface area contributed by atoms with E-state index in [-0.39, 0.29) is 40.9 Å². The van der Waals surface area contributed by atoms with Crippen LogP contribution in [0.25, 0.3) is 10.9 Å². The first-order chi connectivity index (χ1) is 30.6. The zero-order valence-corrected chi connectivity index (χ0v) is 40.4. The van der Waals surface area contributed by atoms with E-state index < -0.39 is 24.9 Å². The Hall–Kier alpha value is -4.90. The number of ether oxygens (including phenoxy) is 1. The number of pyridine rings is 1. The molecule has 2 amide bonds. The third kappa shape index (κ3) is 11.8. The van der Waals surface area contributed by atoms with Crippen LogP contribution < -0.4 is 26.7 Å². The number of amides is 2. The largest absolute Gasteiger partial charge is 0.487 e. The molecule has 5 N–H and O–H groups in total. The molecule has 1 fully saturated rings. The van der Waals surface area contributed by atoms with Gasteiger partial charge in [0.1, 0.15) is 24.1 Å². The molecule has 0 radical (unpaired) electrons. The maximum absolute atomic E-state index is 13.4. The van der Waals surface area contributed by atoms with Crippen molar-refractivity contribution in [1.82, 2.24) is 20.5 Å². The van der Waals surface area contributed by atoms with E-state index in [9.17, 15) is 14.4 Å². The van der Waals surface area contributed by atoms with Gasteiger partial charge in [-0.3, -0.25) is 14.4 Å². The minimum absolute atomic E-state index is 0.00533. The van der Waals surface area contributed by atoms with Crippen LogP contribution in [0.3, 0.4) is 0 Å². The first-order valence-corrected chi connectivity index (χ1v) is 26.7. The minimum Gasteiger partial charge on any atom is -0.487 e. The molecule has 0 bridgehead atoms. The lowest BCUT2D eigenvalue weighted by atomic mass is 9.64. The number of carbonyl (C=O) groups is 2. The Morgan fingerprint density at radius 1 is 0.841 bits per heavy atom. The Morgan fingerprint density at radius 3 is 2.11 bits per heavy atom. The Kier molecular flexibility index (Phi) is 17.5. The number of nitrogens with zero attached hydrogens (tertiary/aromatic N) is 1. The molecular weight excluding hydrogens is 823 g/mol. The Bertz CT molecular complexity index is 2220. The van der Waals surface area contributed by atoms with Gasteiger partial charge in [-0.05, 0) is 72.7 Å². The molecule has 2 heterocycles. The summed E-state index contributed by atoms with van der Waals surface area (Å²) < 4.78 is 19.0. The summed E-state index contributed by atoms with van der Waals surface area (Å²) in [5, 5.41) is 7.82. The fraction of sp³-hybridized carbons (Fsp3) is 0.420. The molecule has 336 valence electrons. The molecule has 5 aromatic rings. The number of benzene rings is 4. The quantitative estimate of drug-likeness (QED) is 0.0322. The summed E-state index contributed by atoms with van der Waals surface area (Å²) in [5.74, 6) is 0.326. The third-order valence-corrected chi connectivity index (χ3v) is 14.0. The van der Waals surface area contributed by atoms with Gasteiger partial charge in [-0.1, -0.05) is 130 Å². The number of nitrogens with one attached hydrogen (secondary N) is 3. The van der Waals surface area contributed by atoms with E-state index in [0.717, 1.165) is 66.4 Å². The van der Waals surface area contributed by atoms with E-state index >= 15 is 0 Å². The molecular formula is C50H67N5O6Si2. The topological polar surface area (TPSA) is 148 Å². The molecule has 11 nitrogen and oxygen atoms in total. The summed E-state index contributed by atoms with van der Waals surface area (Å²) >= 11 is 0. The summed E-state index contributed by atoms with van der Waals surface area (Å²) in [5.41, 5.74) is 9.44. The van der Waals surface area contributed by atoms with Gasteiger partial charge < -0.3 is 39.8 Å². The van der Waals surface area contributed by atoms with Gasteiger partial charge in [-0.2, -0.15) is 0 Å². The molecule has 4 aromatic carbocycles. The van der Waals surface area contributed by atoms with Crippen LogP contribution in [-0.2, 0) is 30.5 Å². The van der Waals surface area contributed by atoms with Crippen molar-refractivity contribution in [1.29, 1.82) is 0 Å². The maximum Gasteiger partial charge on any atom is 0.248 e. The van der Waals surface area contributed by atoms with Crippen LogP contribution >= 0.6 is 0 Å². The maximum atomic E-state index is 13.4. The van der Waals surface area contributed by atoms with Crippen molar-refractivity contribution in [3.05, 3.63) is 148 Å². The third-order valence-electron chi connectivity index (χ3n) is 12.7. The van der Waals surface area contributed by atoms with Crippen molar-refractivity contribution in [3.63, 3.8) is 0 Å². The number of carbonyl (C=O) groups excluding carboxylic acids is 2. The summed E-state index contributed by atoms with van der Waals surface area (Å²) in [4.78, 5) is 44.4. The molecule has 2 unspecified atom stereocenters. The van der Waals surface area contributed by atoms with Crippen LogP contribution in [0, 0.1) is 11.3 Å². The highest BCUT2D eigenvalue weighted by Crippen LogP contribution is 2.45. The van der Waals surface area contributed by atoms with Crippen LogP contribution in [0.4, 0.5) is 0 Å². The monoisotopic (exact) mass is 889 g/mol. The minimum atomic E-state index is -0.941. The predicted molar refractivity (Wildman–Crippen MR) is 258 cm³/mol. The lowest BCUT2D eigenvalue weighted by molar-refractivity contribution is -0.124. The highest BCUT2D eigenvalue weighted by Gasteiger charge is 2.49. The summed E-state index contributed by atoms with van der Waals surface area (Å²) in [6.45, 7) is 13.4. The van der Waals surface area contributed by atoms with Crippen LogP contribution in [-0.4, -0.2) is 86.8 Å². The lowest BCUT2D eigenvalue weighted by Crippen LogP contribution is -2.49. The molecule has 1 aliphatic heterocycles. The number of hydrogen-bond donors (Lipinski definition) is 4. The smallest absolute Gasteiger partial charge is 0.248 e. The molecule has 0 spiro atoms. The van der Waals surface area contributed by atoms with Crippen LogP contribution in [0.2, 0.25) is 13.1 Å². The van der Waals surface area contributed by atoms with E-state index in [0.29, 0.717) is 50.5 Å². The number of nitrogens with two attached hydrogens (primary N) is 1. The van der Waals surface area contributed by atoms with Gasteiger partial charge in [0.25, 0.3) is 0 Å². The molecule has 0 aliphatic carbocycles. The van der Waals surface area contributed by atoms with Gasteiger partial charge in [-0.15, -0.1) is 0 Å². The summed E-state index contributed by atoms with van der Waals surface area (Å²) in [7, 11) is -1.50. The van der Waals surface area contributed by atoms with Crippen LogP contribution in [0.15, 0.2) is 120 Å². The molecule has 1 saturated heterocycles. The molecule has 1 aromatic heterocycles. The number of likely N-dealkylation sites (tertiary alicyclic amines) is 1. The molecule has 6 rings (SSSR count). The fourth-order valence-electron chi connectivity index (χ4n) is 9.42. The molecule has 1 aliphatic rings. The number of fused-ring (bicyclic) bond motifs is 1. The van der Waals surface area contributed by atoms with Crippen molar-refractivity contribution in [2.24, 2.45) is 17.1 Å². The fourth-order valence-corrected chi connectivity index (χ4v) is 11.3. The van der Waals surface area contributed by atoms with Crippen molar-refractivity contribution in [2.75, 3.05) is 39.3 Å². The van der Waals surface area contributed by atoms with Gasteiger partial charge in [0.05, 0.1) is 5.52 Å². The normalized spacial score (nSPS) is 16.0. The SMILES string of the molecule is C[SiH2]OC(O[SiH2]C)C(C)(C)C(CNCCCCCNC(=O)CCN1CCC(C(C(N)=O)(c2ccccc2)c2ccccc2)C1)c1ccc(OCc2ccccc2)c2[nH]c(=O)ccc12. The Morgan fingerprint density at radius 2 is 1.48 bits per heavy atom. The highest BCUT2D eigenvalue weighted by molar-refractivity contribution is 6.26. The lowest BCUT2D eigenvalue weighted by Gasteiger charge is -2.41.